The highest BCUT2D eigenvalue weighted by Gasteiger charge is 2.21. The van der Waals surface area contributed by atoms with Gasteiger partial charge in [-0.05, 0) is 42.5 Å². The minimum absolute atomic E-state index is 0.0497. The molecule has 0 spiro atoms. The number of sulfone groups is 1. The van der Waals surface area contributed by atoms with Crippen LogP contribution in [0.3, 0.4) is 0 Å². The van der Waals surface area contributed by atoms with Crippen molar-refractivity contribution in [1.29, 1.82) is 0 Å². The van der Waals surface area contributed by atoms with Gasteiger partial charge in [-0.1, -0.05) is 35.9 Å². The Bertz CT molecular complexity index is 1160. The predicted molar refractivity (Wildman–Crippen MR) is 113 cm³/mol. The van der Waals surface area contributed by atoms with Gasteiger partial charge >= 0.3 is 0 Å². The molecular formula is C21H19ClN2O5S. The van der Waals surface area contributed by atoms with Crippen molar-refractivity contribution in [2.45, 2.75) is 10.6 Å². The average molecular weight is 447 g/mol. The third-order valence-electron chi connectivity index (χ3n) is 4.14. The summed E-state index contributed by atoms with van der Waals surface area (Å²) in [5.74, 6) is -1.24. The molecule has 2 aromatic carbocycles. The van der Waals surface area contributed by atoms with E-state index in [0.29, 0.717) is 10.7 Å². The molecule has 0 unspecified atom stereocenters. The predicted octanol–water partition coefficient (Wildman–Crippen LogP) is 3.62. The van der Waals surface area contributed by atoms with Gasteiger partial charge in [0.25, 0.3) is 5.91 Å². The lowest BCUT2D eigenvalue weighted by atomic mass is 10.3. The van der Waals surface area contributed by atoms with Crippen molar-refractivity contribution in [3.63, 3.8) is 0 Å². The Balaban J connectivity index is 1.62. The van der Waals surface area contributed by atoms with E-state index in [1.165, 1.54) is 36.2 Å². The molecule has 0 atom stereocenters. The van der Waals surface area contributed by atoms with Gasteiger partial charge in [0.2, 0.25) is 5.91 Å². The van der Waals surface area contributed by atoms with E-state index in [0.717, 1.165) is 0 Å². The van der Waals surface area contributed by atoms with Crippen LogP contribution < -0.4 is 5.32 Å². The van der Waals surface area contributed by atoms with Gasteiger partial charge in [0.1, 0.15) is 11.5 Å². The number of carbonyl (C=O) groups is 2. The first kappa shape index (κ1) is 21.6. The topological polar surface area (TPSA) is 96.7 Å². The third kappa shape index (κ3) is 5.49. The number of nitrogens with zero attached hydrogens (tertiary/aromatic N) is 1. The molecule has 1 N–H and O–H groups in total. The fraction of sp³-hybridized carbons (Fsp3) is 0.143. The molecule has 1 heterocycles. The third-order valence-corrected chi connectivity index (χ3v) is 6.03. The second-order valence-electron chi connectivity index (χ2n) is 6.56. The van der Waals surface area contributed by atoms with E-state index in [1.807, 2.05) is 0 Å². The Morgan fingerprint density at radius 3 is 2.47 bits per heavy atom. The number of rotatable bonds is 7. The van der Waals surface area contributed by atoms with Crippen molar-refractivity contribution < 1.29 is 22.4 Å². The molecule has 0 saturated carbocycles. The smallest absolute Gasteiger partial charge is 0.289 e. The number of amides is 2. The van der Waals surface area contributed by atoms with Crippen molar-refractivity contribution in [1.82, 2.24) is 4.90 Å². The zero-order valence-electron chi connectivity index (χ0n) is 16.0. The minimum atomic E-state index is -3.60. The Morgan fingerprint density at radius 1 is 1.03 bits per heavy atom. The summed E-state index contributed by atoms with van der Waals surface area (Å²) in [6.07, 6.45) is 0. The molecule has 0 bridgehead atoms. The van der Waals surface area contributed by atoms with Crippen LogP contribution in [0.2, 0.25) is 5.02 Å². The monoisotopic (exact) mass is 446 g/mol. The van der Waals surface area contributed by atoms with Crippen LogP contribution in [0.15, 0.2) is 76.0 Å². The molecule has 3 aromatic rings. The summed E-state index contributed by atoms with van der Waals surface area (Å²) in [7, 11) is -2.15. The Kier molecular flexibility index (Phi) is 6.59. The number of hydrogen-bond donors (Lipinski definition) is 1. The van der Waals surface area contributed by atoms with Crippen LogP contribution in [0.1, 0.15) is 16.3 Å². The maximum absolute atomic E-state index is 12.5. The molecule has 0 radical (unpaired) electrons. The van der Waals surface area contributed by atoms with E-state index >= 15 is 0 Å². The summed E-state index contributed by atoms with van der Waals surface area (Å²) in [6, 6.07) is 17.5. The van der Waals surface area contributed by atoms with Gasteiger partial charge in [-0.3, -0.25) is 9.59 Å². The minimum Gasteiger partial charge on any atom is -0.455 e. The van der Waals surface area contributed by atoms with Crippen LogP contribution in [0.25, 0.3) is 0 Å². The van der Waals surface area contributed by atoms with E-state index in [1.54, 1.807) is 42.5 Å². The molecule has 7 nitrogen and oxygen atoms in total. The standard InChI is InChI=1S/C21H19ClN2O5S/c1-24(13-20(25)23-16-7-5-6-15(22)12-16)21(26)19-11-10-17(29-19)14-30(27,28)18-8-3-2-4-9-18/h2-12H,13-14H2,1H3,(H,23,25). The average Bonchev–Trinajstić information content (AvgIpc) is 3.15. The molecule has 9 heteroatoms. The van der Waals surface area contributed by atoms with Gasteiger partial charge in [-0.15, -0.1) is 0 Å². The summed E-state index contributed by atoms with van der Waals surface area (Å²) in [5.41, 5.74) is 0.514. The quantitative estimate of drug-likeness (QED) is 0.597. The van der Waals surface area contributed by atoms with Gasteiger partial charge in [0, 0.05) is 17.8 Å². The molecule has 0 saturated heterocycles. The first-order valence-corrected chi connectivity index (χ1v) is 10.9. The van der Waals surface area contributed by atoms with Gasteiger partial charge in [0.15, 0.2) is 15.6 Å². The molecule has 30 heavy (non-hydrogen) atoms. The van der Waals surface area contributed by atoms with E-state index in [-0.39, 0.29) is 28.7 Å². The van der Waals surface area contributed by atoms with Crippen molar-refractivity contribution in [2.24, 2.45) is 0 Å². The van der Waals surface area contributed by atoms with Crippen LogP contribution >= 0.6 is 11.6 Å². The van der Waals surface area contributed by atoms with Crippen molar-refractivity contribution in [3.05, 3.63) is 83.3 Å². The number of likely N-dealkylation sites (N-methyl/N-ethyl adjacent to an activating group) is 1. The zero-order chi connectivity index (χ0) is 21.7. The highest BCUT2D eigenvalue weighted by atomic mass is 35.5. The molecule has 1 aromatic heterocycles. The second-order valence-corrected chi connectivity index (χ2v) is 8.98. The number of halogens is 1. The van der Waals surface area contributed by atoms with Crippen molar-refractivity contribution in [2.75, 3.05) is 18.9 Å². The largest absolute Gasteiger partial charge is 0.455 e. The van der Waals surface area contributed by atoms with Crippen LogP contribution in [-0.2, 0) is 20.4 Å². The molecule has 0 aliphatic heterocycles. The number of anilines is 1. The fourth-order valence-electron chi connectivity index (χ4n) is 2.71. The van der Waals surface area contributed by atoms with Gasteiger partial charge in [0.05, 0.1) is 11.4 Å². The first-order chi connectivity index (χ1) is 14.2. The van der Waals surface area contributed by atoms with Crippen LogP contribution in [0.4, 0.5) is 5.69 Å². The van der Waals surface area contributed by atoms with Gasteiger partial charge < -0.3 is 14.6 Å². The Morgan fingerprint density at radius 2 is 1.77 bits per heavy atom. The number of furan rings is 1. The van der Waals surface area contributed by atoms with Crippen LogP contribution in [0, 0.1) is 0 Å². The van der Waals surface area contributed by atoms with Gasteiger partial charge in [-0.2, -0.15) is 0 Å². The maximum Gasteiger partial charge on any atom is 0.289 e. The number of carbonyl (C=O) groups excluding carboxylic acids is 2. The van der Waals surface area contributed by atoms with E-state index < -0.39 is 21.7 Å². The lowest BCUT2D eigenvalue weighted by Crippen LogP contribution is -2.34. The van der Waals surface area contributed by atoms with Crippen molar-refractivity contribution in [3.8, 4) is 0 Å². The molecular weight excluding hydrogens is 428 g/mol. The molecule has 0 fully saturated rings. The summed E-state index contributed by atoms with van der Waals surface area (Å²) in [5, 5.41) is 3.12. The Labute approximate surface area is 179 Å². The fourth-order valence-corrected chi connectivity index (χ4v) is 4.17. The lowest BCUT2D eigenvalue weighted by molar-refractivity contribution is -0.116. The zero-order valence-corrected chi connectivity index (χ0v) is 17.6. The summed E-state index contributed by atoms with van der Waals surface area (Å²) < 4.78 is 30.3. The first-order valence-electron chi connectivity index (χ1n) is 8.92. The molecule has 2 amide bonds. The SMILES string of the molecule is CN(CC(=O)Nc1cccc(Cl)c1)C(=O)c1ccc(CS(=O)(=O)c2ccccc2)o1. The summed E-state index contributed by atoms with van der Waals surface area (Å²) >= 11 is 5.88. The number of hydrogen-bond acceptors (Lipinski definition) is 5. The number of benzene rings is 2. The highest BCUT2D eigenvalue weighted by Crippen LogP contribution is 2.19. The van der Waals surface area contributed by atoms with E-state index in [4.69, 9.17) is 16.0 Å². The van der Waals surface area contributed by atoms with E-state index in [9.17, 15) is 18.0 Å². The molecule has 0 aliphatic rings. The lowest BCUT2D eigenvalue weighted by Gasteiger charge is -2.15. The highest BCUT2D eigenvalue weighted by molar-refractivity contribution is 7.90. The normalized spacial score (nSPS) is 11.1. The van der Waals surface area contributed by atoms with Gasteiger partial charge in [-0.25, -0.2) is 8.42 Å². The van der Waals surface area contributed by atoms with Crippen LogP contribution in [0.5, 0.6) is 0 Å². The molecule has 3 rings (SSSR count). The second kappa shape index (κ2) is 9.15. The Hall–Kier alpha value is -3.10. The van der Waals surface area contributed by atoms with Crippen molar-refractivity contribution >= 4 is 38.9 Å². The number of nitrogens with one attached hydrogen (secondary N) is 1. The summed E-state index contributed by atoms with van der Waals surface area (Å²) in [6.45, 7) is -0.219. The van der Waals surface area contributed by atoms with E-state index in [2.05, 4.69) is 5.32 Å². The molecule has 156 valence electrons. The summed E-state index contributed by atoms with van der Waals surface area (Å²) in [4.78, 5) is 26.0. The van der Waals surface area contributed by atoms with Crippen LogP contribution in [-0.4, -0.2) is 38.7 Å². The maximum atomic E-state index is 12.5. The molecule has 0 aliphatic carbocycles.